The first-order chi connectivity index (χ1) is 10.6. The predicted octanol–water partition coefficient (Wildman–Crippen LogP) is 2.25. The molecule has 118 valence electrons. The van der Waals surface area contributed by atoms with Gasteiger partial charge >= 0.3 is 0 Å². The Hall–Kier alpha value is -1.86. The molecule has 8 heteroatoms. The Labute approximate surface area is 137 Å². The van der Waals surface area contributed by atoms with Gasteiger partial charge in [-0.15, -0.1) is 11.8 Å². The van der Waals surface area contributed by atoms with Crippen molar-refractivity contribution in [2.24, 2.45) is 0 Å². The SMILES string of the molecule is CNC(=O)c1cc(Cl)c(NC(=O)C2=CSCCO2)cc1OC. The smallest absolute Gasteiger partial charge is 0.291 e. The van der Waals surface area contributed by atoms with Crippen LogP contribution in [0.5, 0.6) is 5.75 Å². The van der Waals surface area contributed by atoms with Crippen LogP contribution >= 0.6 is 23.4 Å². The summed E-state index contributed by atoms with van der Waals surface area (Å²) in [6.07, 6.45) is 0. The van der Waals surface area contributed by atoms with Gasteiger partial charge in [0.1, 0.15) is 5.75 Å². The number of hydrogen-bond donors (Lipinski definition) is 2. The second-order valence-corrected chi connectivity index (χ2v) is 5.65. The topological polar surface area (TPSA) is 76.7 Å². The van der Waals surface area contributed by atoms with Gasteiger partial charge in [0, 0.05) is 24.3 Å². The van der Waals surface area contributed by atoms with E-state index in [4.69, 9.17) is 21.1 Å². The molecule has 2 amide bonds. The zero-order chi connectivity index (χ0) is 16.1. The number of hydrogen-bond acceptors (Lipinski definition) is 5. The number of thioether (sulfide) groups is 1. The van der Waals surface area contributed by atoms with Crippen LogP contribution in [0.15, 0.2) is 23.3 Å². The van der Waals surface area contributed by atoms with Crippen molar-refractivity contribution in [3.05, 3.63) is 33.9 Å². The molecule has 0 saturated carbocycles. The van der Waals surface area contributed by atoms with Gasteiger partial charge in [0.25, 0.3) is 11.8 Å². The molecule has 2 N–H and O–H groups in total. The summed E-state index contributed by atoms with van der Waals surface area (Å²) in [6, 6.07) is 2.95. The lowest BCUT2D eigenvalue weighted by Crippen LogP contribution is -2.21. The van der Waals surface area contributed by atoms with E-state index in [1.54, 1.807) is 5.41 Å². The average molecular weight is 343 g/mol. The van der Waals surface area contributed by atoms with E-state index in [2.05, 4.69) is 10.6 Å². The summed E-state index contributed by atoms with van der Waals surface area (Å²) in [6.45, 7) is 0.483. The van der Waals surface area contributed by atoms with Crippen molar-refractivity contribution in [2.75, 3.05) is 31.8 Å². The highest BCUT2D eigenvalue weighted by Gasteiger charge is 2.19. The van der Waals surface area contributed by atoms with Crippen LogP contribution in [0.25, 0.3) is 0 Å². The highest BCUT2D eigenvalue weighted by Crippen LogP contribution is 2.31. The van der Waals surface area contributed by atoms with Crippen LogP contribution in [0.3, 0.4) is 0 Å². The van der Waals surface area contributed by atoms with Gasteiger partial charge in [0.2, 0.25) is 0 Å². The maximum atomic E-state index is 12.1. The molecule has 1 heterocycles. The molecule has 0 saturated heterocycles. The first-order valence-corrected chi connectivity index (χ1v) is 7.85. The fourth-order valence-corrected chi connectivity index (χ4v) is 2.64. The molecule has 6 nitrogen and oxygen atoms in total. The molecule has 1 aromatic carbocycles. The molecule has 1 aromatic rings. The van der Waals surface area contributed by atoms with Gasteiger partial charge in [0.15, 0.2) is 5.76 Å². The molecule has 0 unspecified atom stereocenters. The number of anilines is 1. The van der Waals surface area contributed by atoms with Gasteiger partial charge < -0.3 is 20.1 Å². The minimum absolute atomic E-state index is 0.233. The highest BCUT2D eigenvalue weighted by atomic mass is 35.5. The maximum Gasteiger partial charge on any atom is 0.291 e. The molecule has 1 aliphatic rings. The van der Waals surface area contributed by atoms with Crippen LogP contribution in [-0.4, -0.2) is 38.3 Å². The minimum Gasteiger partial charge on any atom is -0.496 e. The number of methoxy groups -OCH3 is 1. The fourth-order valence-electron chi connectivity index (χ4n) is 1.80. The second kappa shape index (κ2) is 7.42. The monoisotopic (exact) mass is 342 g/mol. The van der Waals surface area contributed by atoms with E-state index in [1.165, 1.54) is 38.1 Å². The molecule has 1 aliphatic heterocycles. The van der Waals surface area contributed by atoms with Crippen molar-refractivity contribution >= 4 is 40.9 Å². The Bertz CT molecular complexity index is 634. The molecule has 0 bridgehead atoms. The molecule has 0 fully saturated rings. The van der Waals surface area contributed by atoms with Crippen molar-refractivity contribution in [1.82, 2.24) is 5.32 Å². The summed E-state index contributed by atoms with van der Waals surface area (Å²) in [4.78, 5) is 23.9. The lowest BCUT2D eigenvalue weighted by molar-refractivity contribution is -0.116. The van der Waals surface area contributed by atoms with E-state index in [0.717, 1.165) is 5.75 Å². The number of nitrogens with one attached hydrogen (secondary N) is 2. The number of halogens is 1. The van der Waals surface area contributed by atoms with Crippen molar-refractivity contribution in [2.45, 2.75) is 0 Å². The first kappa shape index (κ1) is 16.5. The van der Waals surface area contributed by atoms with Gasteiger partial charge in [0.05, 0.1) is 30.0 Å². The molecule has 0 radical (unpaired) electrons. The quantitative estimate of drug-likeness (QED) is 0.877. The van der Waals surface area contributed by atoms with Crippen LogP contribution in [0.4, 0.5) is 5.69 Å². The second-order valence-electron chi connectivity index (χ2n) is 4.27. The molecule has 0 atom stereocenters. The Kier molecular flexibility index (Phi) is 5.57. The number of ether oxygens (including phenoxy) is 2. The first-order valence-electron chi connectivity index (χ1n) is 6.42. The normalized spacial score (nSPS) is 13.7. The third-order valence-corrected chi connectivity index (χ3v) is 3.98. The zero-order valence-corrected chi connectivity index (χ0v) is 13.6. The van der Waals surface area contributed by atoms with E-state index in [1.807, 2.05) is 0 Å². The third-order valence-electron chi connectivity index (χ3n) is 2.88. The largest absolute Gasteiger partial charge is 0.496 e. The molecule has 0 aromatic heterocycles. The Balaban J connectivity index is 2.26. The van der Waals surface area contributed by atoms with Crippen LogP contribution < -0.4 is 15.4 Å². The third kappa shape index (κ3) is 3.66. The van der Waals surface area contributed by atoms with Crippen molar-refractivity contribution in [1.29, 1.82) is 0 Å². The van der Waals surface area contributed by atoms with Gasteiger partial charge in [-0.3, -0.25) is 9.59 Å². The summed E-state index contributed by atoms with van der Waals surface area (Å²) in [5.74, 6) is 0.635. The predicted molar refractivity (Wildman–Crippen MR) is 86.5 cm³/mol. The Morgan fingerprint density at radius 2 is 2.14 bits per heavy atom. The highest BCUT2D eigenvalue weighted by molar-refractivity contribution is 8.02. The van der Waals surface area contributed by atoms with Crippen LogP contribution in [0, 0.1) is 0 Å². The van der Waals surface area contributed by atoms with Crippen LogP contribution in [-0.2, 0) is 9.53 Å². The Morgan fingerprint density at radius 1 is 1.36 bits per heavy atom. The number of carbonyl (C=O) groups is 2. The number of rotatable bonds is 4. The average Bonchev–Trinajstić information content (AvgIpc) is 2.56. The number of benzene rings is 1. The minimum atomic E-state index is -0.399. The molecule has 0 spiro atoms. The summed E-state index contributed by atoms with van der Waals surface area (Å²) >= 11 is 7.63. The molecule has 0 aliphatic carbocycles. The van der Waals surface area contributed by atoms with Gasteiger partial charge in [-0.05, 0) is 6.07 Å². The zero-order valence-electron chi connectivity index (χ0n) is 12.1. The molecule has 22 heavy (non-hydrogen) atoms. The molecular weight excluding hydrogens is 328 g/mol. The van der Waals surface area contributed by atoms with Gasteiger partial charge in [-0.25, -0.2) is 0 Å². The lowest BCUT2D eigenvalue weighted by atomic mass is 10.1. The molecule has 2 rings (SSSR count). The summed E-state index contributed by atoms with van der Waals surface area (Å²) in [7, 11) is 2.95. The van der Waals surface area contributed by atoms with E-state index < -0.39 is 5.91 Å². The standard InChI is InChI=1S/C14H15ClN2O4S/c1-16-13(18)8-5-9(15)10(6-11(8)20-2)17-14(19)12-7-22-4-3-21-12/h5-7H,3-4H2,1-2H3,(H,16,18)(H,17,19). The number of carbonyl (C=O) groups excluding carboxylic acids is 2. The van der Waals surface area contributed by atoms with Gasteiger partial charge in [-0.1, -0.05) is 11.6 Å². The maximum absolute atomic E-state index is 12.1. The van der Waals surface area contributed by atoms with Crippen LogP contribution in [0.2, 0.25) is 5.02 Å². The van der Waals surface area contributed by atoms with E-state index >= 15 is 0 Å². The lowest BCUT2D eigenvalue weighted by Gasteiger charge is -2.16. The van der Waals surface area contributed by atoms with Crippen LogP contribution in [0.1, 0.15) is 10.4 Å². The van der Waals surface area contributed by atoms with Gasteiger partial charge in [-0.2, -0.15) is 0 Å². The van der Waals surface area contributed by atoms with E-state index in [9.17, 15) is 9.59 Å². The fraction of sp³-hybridized carbons (Fsp3) is 0.286. The van der Waals surface area contributed by atoms with E-state index in [0.29, 0.717) is 18.0 Å². The number of amides is 2. The summed E-state index contributed by atoms with van der Waals surface area (Å²) in [5.41, 5.74) is 0.632. The summed E-state index contributed by atoms with van der Waals surface area (Å²) < 4.78 is 10.4. The molecular formula is C14H15ClN2O4S. The van der Waals surface area contributed by atoms with Crippen molar-refractivity contribution in [3.63, 3.8) is 0 Å². The van der Waals surface area contributed by atoms with Crippen molar-refractivity contribution in [3.8, 4) is 5.75 Å². The summed E-state index contributed by atoms with van der Waals surface area (Å²) in [5, 5.41) is 7.04. The Morgan fingerprint density at radius 3 is 2.73 bits per heavy atom. The van der Waals surface area contributed by atoms with Crippen molar-refractivity contribution < 1.29 is 19.1 Å². The van der Waals surface area contributed by atoms with E-state index in [-0.39, 0.29) is 22.3 Å².